The summed E-state index contributed by atoms with van der Waals surface area (Å²) in [5.41, 5.74) is 6.70. The number of ether oxygens (including phenoxy) is 1. The zero-order valence-electron chi connectivity index (χ0n) is 17.3. The summed E-state index contributed by atoms with van der Waals surface area (Å²) in [7, 11) is 0. The minimum Gasteiger partial charge on any atom is -0.392 e. The molecule has 154 valence electrons. The summed E-state index contributed by atoms with van der Waals surface area (Å²) >= 11 is 0. The van der Waals surface area contributed by atoms with Crippen molar-refractivity contribution in [3.63, 3.8) is 0 Å². The molecule has 1 saturated heterocycles. The molecule has 1 spiro atoms. The van der Waals surface area contributed by atoms with Crippen LogP contribution < -0.4 is 5.32 Å². The highest BCUT2D eigenvalue weighted by molar-refractivity contribution is 5.61. The molecule has 1 aromatic carbocycles. The third-order valence-corrected chi connectivity index (χ3v) is 7.25. The molecule has 0 amide bonds. The van der Waals surface area contributed by atoms with Gasteiger partial charge in [0.15, 0.2) is 0 Å². The molecule has 3 atom stereocenters. The first-order valence-electron chi connectivity index (χ1n) is 11.1. The van der Waals surface area contributed by atoms with Crippen molar-refractivity contribution in [1.29, 1.82) is 0 Å². The molecule has 3 heterocycles. The second-order valence-corrected chi connectivity index (χ2v) is 9.11. The lowest BCUT2D eigenvalue weighted by atomic mass is 9.72. The minimum absolute atomic E-state index is 0.0734. The highest BCUT2D eigenvalue weighted by Crippen LogP contribution is 2.46. The first-order valence-corrected chi connectivity index (χ1v) is 11.1. The summed E-state index contributed by atoms with van der Waals surface area (Å²) in [6.45, 7) is 4.84. The van der Waals surface area contributed by atoms with E-state index in [4.69, 9.17) is 4.74 Å². The standard InChI is InChI=1S/C25H32N2O2/c1-17(22(28)14-18-8-3-2-4-9-18)24-19-10-5-6-13-26-25(15-29-16-25)20-11-7-12-21(27-24)23(19)20/h2-4,7-9,12,17,20,22,26-28H,5-6,10-11,13-16H2,1H3/t17-,20?,22?/m0/s1. The third-order valence-electron chi connectivity index (χ3n) is 7.25. The number of aromatic amines is 1. The molecular formula is C25H32N2O2. The Morgan fingerprint density at radius 3 is 2.79 bits per heavy atom. The van der Waals surface area contributed by atoms with E-state index in [0.717, 1.165) is 32.6 Å². The first kappa shape index (κ1) is 19.1. The number of fused-ring (bicyclic) bond motifs is 1. The molecular weight excluding hydrogens is 360 g/mol. The Hall–Kier alpha value is -1.88. The van der Waals surface area contributed by atoms with Gasteiger partial charge in [-0.1, -0.05) is 43.3 Å². The fourth-order valence-corrected chi connectivity index (χ4v) is 5.46. The van der Waals surface area contributed by atoms with E-state index in [1.165, 1.54) is 40.9 Å². The van der Waals surface area contributed by atoms with Crippen molar-refractivity contribution in [3.8, 4) is 0 Å². The Kier molecular flexibility index (Phi) is 5.10. The number of aromatic nitrogens is 1. The lowest BCUT2D eigenvalue weighted by Gasteiger charge is -2.48. The van der Waals surface area contributed by atoms with Gasteiger partial charge in [-0.2, -0.15) is 0 Å². The zero-order chi connectivity index (χ0) is 19.8. The Morgan fingerprint density at radius 1 is 1.21 bits per heavy atom. The third kappa shape index (κ3) is 3.37. The number of hydrogen-bond donors (Lipinski definition) is 3. The van der Waals surface area contributed by atoms with Crippen LogP contribution in [-0.4, -0.2) is 41.5 Å². The van der Waals surface area contributed by atoms with Gasteiger partial charge in [0.05, 0.1) is 24.9 Å². The summed E-state index contributed by atoms with van der Waals surface area (Å²) in [6.07, 6.45) is 9.36. The topological polar surface area (TPSA) is 57.3 Å². The number of rotatable bonds is 4. The number of H-pyrrole nitrogens is 1. The van der Waals surface area contributed by atoms with Crippen LogP contribution in [0.25, 0.3) is 6.08 Å². The molecule has 1 fully saturated rings. The molecule has 0 bridgehead atoms. The van der Waals surface area contributed by atoms with Crippen molar-refractivity contribution >= 4 is 6.08 Å². The van der Waals surface area contributed by atoms with E-state index in [2.05, 4.69) is 41.5 Å². The van der Waals surface area contributed by atoms with Crippen molar-refractivity contribution in [2.75, 3.05) is 19.8 Å². The number of aliphatic hydroxyl groups excluding tert-OH is 1. The van der Waals surface area contributed by atoms with Crippen LogP contribution in [-0.2, 0) is 17.6 Å². The molecule has 2 aliphatic heterocycles. The molecule has 3 N–H and O–H groups in total. The summed E-state index contributed by atoms with van der Waals surface area (Å²) in [4.78, 5) is 3.74. The van der Waals surface area contributed by atoms with E-state index >= 15 is 0 Å². The summed E-state index contributed by atoms with van der Waals surface area (Å²) < 4.78 is 5.69. The molecule has 3 aliphatic rings. The second kappa shape index (κ2) is 7.75. The zero-order valence-corrected chi connectivity index (χ0v) is 17.3. The van der Waals surface area contributed by atoms with E-state index < -0.39 is 6.10 Å². The monoisotopic (exact) mass is 392 g/mol. The fourth-order valence-electron chi connectivity index (χ4n) is 5.46. The molecule has 5 rings (SSSR count). The number of benzene rings is 1. The maximum absolute atomic E-state index is 11.1. The maximum atomic E-state index is 11.1. The summed E-state index contributed by atoms with van der Waals surface area (Å²) in [5.74, 6) is 0.528. The Labute approximate surface area is 173 Å². The van der Waals surface area contributed by atoms with Gasteiger partial charge in [0.2, 0.25) is 0 Å². The van der Waals surface area contributed by atoms with Gasteiger partial charge in [0.1, 0.15) is 0 Å². The van der Waals surface area contributed by atoms with Crippen LogP contribution in [0.4, 0.5) is 0 Å². The molecule has 2 aromatic rings. The average molecular weight is 393 g/mol. The lowest BCUT2D eigenvalue weighted by Crippen LogP contribution is -2.64. The van der Waals surface area contributed by atoms with Gasteiger partial charge in [-0.25, -0.2) is 0 Å². The number of hydrogen-bond acceptors (Lipinski definition) is 3. The normalized spacial score (nSPS) is 24.7. The molecule has 0 radical (unpaired) electrons. The largest absolute Gasteiger partial charge is 0.392 e. The Bertz CT molecular complexity index is 882. The minimum atomic E-state index is -0.400. The molecule has 1 aliphatic carbocycles. The SMILES string of the molecule is C[C@H](c1[nH]c2c3c1CCCCNC1(COC1)C3CC=C2)C(O)Cc1ccccc1. The van der Waals surface area contributed by atoms with Crippen LogP contribution in [0.5, 0.6) is 0 Å². The van der Waals surface area contributed by atoms with Crippen molar-refractivity contribution < 1.29 is 9.84 Å². The van der Waals surface area contributed by atoms with Crippen molar-refractivity contribution in [2.24, 2.45) is 0 Å². The van der Waals surface area contributed by atoms with E-state index in [0.29, 0.717) is 12.3 Å². The number of nitrogens with one attached hydrogen (secondary N) is 2. The van der Waals surface area contributed by atoms with Crippen LogP contribution in [0.1, 0.15) is 66.1 Å². The van der Waals surface area contributed by atoms with Crippen LogP contribution in [0.2, 0.25) is 0 Å². The maximum Gasteiger partial charge on any atom is 0.0726 e. The van der Waals surface area contributed by atoms with E-state index in [1.54, 1.807) is 0 Å². The van der Waals surface area contributed by atoms with Gasteiger partial charge in [0, 0.05) is 23.2 Å². The van der Waals surface area contributed by atoms with Crippen molar-refractivity contribution in [2.45, 2.75) is 62.5 Å². The van der Waals surface area contributed by atoms with E-state index in [-0.39, 0.29) is 11.5 Å². The molecule has 0 saturated carbocycles. The van der Waals surface area contributed by atoms with Crippen molar-refractivity contribution in [1.82, 2.24) is 10.3 Å². The Balaban J connectivity index is 1.50. The smallest absolute Gasteiger partial charge is 0.0726 e. The highest BCUT2D eigenvalue weighted by Gasteiger charge is 2.48. The predicted octanol–water partition coefficient (Wildman–Crippen LogP) is 3.92. The molecule has 4 heteroatoms. The molecule has 29 heavy (non-hydrogen) atoms. The summed E-state index contributed by atoms with van der Waals surface area (Å²) in [6, 6.07) is 10.3. The van der Waals surface area contributed by atoms with Crippen LogP contribution in [0, 0.1) is 0 Å². The van der Waals surface area contributed by atoms with E-state index in [9.17, 15) is 5.11 Å². The van der Waals surface area contributed by atoms with Crippen LogP contribution >= 0.6 is 0 Å². The van der Waals surface area contributed by atoms with E-state index in [1.807, 2.05) is 18.2 Å². The fraction of sp³-hybridized carbons (Fsp3) is 0.520. The Morgan fingerprint density at radius 2 is 2.03 bits per heavy atom. The molecule has 2 unspecified atom stereocenters. The quantitative estimate of drug-likeness (QED) is 0.739. The highest BCUT2D eigenvalue weighted by atomic mass is 16.5. The predicted molar refractivity (Wildman–Crippen MR) is 116 cm³/mol. The summed E-state index contributed by atoms with van der Waals surface area (Å²) in [5, 5.41) is 14.9. The van der Waals surface area contributed by atoms with Crippen LogP contribution in [0.3, 0.4) is 0 Å². The number of aliphatic hydroxyl groups is 1. The van der Waals surface area contributed by atoms with Crippen LogP contribution in [0.15, 0.2) is 36.4 Å². The van der Waals surface area contributed by atoms with Gasteiger partial charge < -0.3 is 20.1 Å². The number of allylic oxidation sites excluding steroid dienone is 1. The molecule has 4 nitrogen and oxygen atoms in total. The van der Waals surface area contributed by atoms with Gasteiger partial charge in [-0.05, 0) is 61.4 Å². The molecule has 1 aromatic heterocycles. The van der Waals surface area contributed by atoms with Crippen molar-refractivity contribution in [3.05, 3.63) is 64.5 Å². The lowest BCUT2D eigenvalue weighted by molar-refractivity contribution is -0.0879. The average Bonchev–Trinajstić information content (AvgIpc) is 3.11. The first-order chi connectivity index (χ1) is 14.2. The van der Waals surface area contributed by atoms with Gasteiger partial charge in [-0.3, -0.25) is 0 Å². The second-order valence-electron chi connectivity index (χ2n) is 9.11. The van der Waals surface area contributed by atoms with Gasteiger partial charge in [-0.15, -0.1) is 0 Å². The van der Waals surface area contributed by atoms with Gasteiger partial charge >= 0.3 is 0 Å². The van der Waals surface area contributed by atoms with Gasteiger partial charge in [0.25, 0.3) is 0 Å².